The van der Waals surface area contributed by atoms with Crippen molar-refractivity contribution >= 4 is 0 Å². The van der Waals surface area contributed by atoms with E-state index in [1.54, 1.807) is 0 Å². The van der Waals surface area contributed by atoms with E-state index in [1.165, 1.54) is 0 Å². The van der Waals surface area contributed by atoms with E-state index in [0.29, 0.717) is 0 Å². The van der Waals surface area contributed by atoms with Crippen molar-refractivity contribution in [1.29, 1.82) is 0 Å². The Bertz CT molecular complexity index is 364. The van der Waals surface area contributed by atoms with E-state index in [2.05, 4.69) is 0 Å². The number of halogens is 8. The second kappa shape index (κ2) is 3.60. The number of alkyl halides is 6. The summed E-state index contributed by atoms with van der Waals surface area (Å²) in [5, 5.41) is 0. The Labute approximate surface area is 83.5 Å². The lowest BCUT2D eigenvalue weighted by atomic mass is 10.1. The molecule has 0 atom stereocenters. The summed E-state index contributed by atoms with van der Waals surface area (Å²) in [6.45, 7) is 0. The van der Waals surface area contributed by atoms with Gasteiger partial charge < -0.3 is 0 Å². The molecule has 0 unspecified atom stereocenters. The predicted molar refractivity (Wildman–Crippen MR) is 36.4 cm³/mol. The highest BCUT2D eigenvalue weighted by molar-refractivity contribution is 5.30. The van der Waals surface area contributed by atoms with Gasteiger partial charge in [-0.25, -0.2) is 8.78 Å². The first kappa shape index (κ1) is 12.7. The Morgan fingerprint density at radius 3 is 1.19 bits per heavy atom. The Hall–Kier alpha value is -1.34. The summed E-state index contributed by atoms with van der Waals surface area (Å²) < 4.78 is 97.3. The van der Waals surface area contributed by atoms with E-state index in [4.69, 9.17) is 0 Å². The van der Waals surface area contributed by atoms with Crippen molar-refractivity contribution in [2.75, 3.05) is 0 Å². The van der Waals surface area contributed by atoms with E-state index < -0.39 is 47.2 Å². The molecule has 0 heterocycles. The zero-order chi connectivity index (χ0) is 12.7. The average molecular weight is 250 g/mol. The minimum Gasteiger partial charge on any atom is -0.206 e. The summed E-state index contributed by atoms with van der Waals surface area (Å²) in [4.78, 5) is 0. The van der Waals surface area contributed by atoms with Crippen LogP contribution in [-0.2, 0) is 12.4 Å². The van der Waals surface area contributed by atoms with Crippen molar-refractivity contribution < 1.29 is 35.1 Å². The Morgan fingerprint density at radius 1 is 0.625 bits per heavy atom. The van der Waals surface area contributed by atoms with Crippen molar-refractivity contribution in [2.45, 2.75) is 12.4 Å². The van der Waals surface area contributed by atoms with E-state index in [-0.39, 0.29) is 0 Å². The fourth-order valence-electron chi connectivity index (χ4n) is 0.983. The lowest BCUT2D eigenvalue weighted by Gasteiger charge is -2.12. The summed E-state index contributed by atoms with van der Waals surface area (Å²) in [7, 11) is 0. The smallest absolute Gasteiger partial charge is 0.206 e. The zero-order valence-corrected chi connectivity index (χ0v) is 7.18. The fourth-order valence-corrected chi connectivity index (χ4v) is 0.983. The highest BCUT2D eigenvalue weighted by Crippen LogP contribution is 2.38. The van der Waals surface area contributed by atoms with Crippen molar-refractivity contribution in [3.63, 3.8) is 0 Å². The minimum atomic E-state index is -5.31. The van der Waals surface area contributed by atoms with Gasteiger partial charge in [0.15, 0.2) is 0 Å². The van der Waals surface area contributed by atoms with Crippen LogP contribution < -0.4 is 0 Å². The molecule has 0 aliphatic heterocycles. The van der Waals surface area contributed by atoms with Crippen molar-refractivity contribution in [3.8, 4) is 0 Å². The topological polar surface area (TPSA) is 0 Å². The molecule has 0 amide bonds. The molecule has 0 aromatic heterocycles. The van der Waals surface area contributed by atoms with Gasteiger partial charge in [0.25, 0.3) is 0 Å². The summed E-state index contributed by atoms with van der Waals surface area (Å²) >= 11 is 0. The highest BCUT2D eigenvalue weighted by atomic mass is 19.4. The Balaban J connectivity index is 3.45. The van der Waals surface area contributed by atoms with Crippen LogP contribution in [-0.4, -0.2) is 0 Å². The molecule has 0 saturated carbocycles. The Kier molecular flexibility index (Phi) is 2.86. The average Bonchev–Trinajstić information content (AvgIpc) is 1.97. The minimum absolute atomic E-state index is 0.439. The van der Waals surface area contributed by atoms with Crippen LogP contribution in [0.4, 0.5) is 35.1 Å². The van der Waals surface area contributed by atoms with Crippen LogP contribution in [0.2, 0.25) is 0 Å². The molecule has 1 rings (SSSR count). The van der Waals surface area contributed by atoms with Gasteiger partial charge in [0.1, 0.15) is 11.6 Å². The number of hydrogen-bond donors (Lipinski definition) is 0. The lowest BCUT2D eigenvalue weighted by molar-refractivity contribution is -0.146. The van der Waals surface area contributed by atoms with Gasteiger partial charge in [-0.3, -0.25) is 0 Å². The quantitative estimate of drug-likeness (QED) is 0.610. The molecular weight excluding hydrogens is 248 g/mol. The third kappa shape index (κ3) is 2.42. The molecule has 0 spiro atoms. The third-order valence-corrected chi connectivity index (χ3v) is 1.67. The van der Waals surface area contributed by atoms with Gasteiger partial charge in [-0.05, 0) is 6.07 Å². The highest BCUT2D eigenvalue weighted by Gasteiger charge is 2.40. The molecule has 0 radical (unpaired) electrons. The van der Waals surface area contributed by atoms with Crippen LogP contribution in [0.1, 0.15) is 11.1 Å². The summed E-state index contributed by atoms with van der Waals surface area (Å²) in [5.41, 5.74) is -4.30. The zero-order valence-electron chi connectivity index (χ0n) is 7.18. The second-order valence-corrected chi connectivity index (χ2v) is 2.81. The fraction of sp³-hybridized carbons (Fsp3) is 0.250. The first-order chi connectivity index (χ1) is 7.03. The van der Waals surface area contributed by atoms with Crippen LogP contribution in [0.15, 0.2) is 12.1 Å². The molecule has 1 aromatic carbocycles. The van der Waals surface area contributed by atoms with Crippen molar-refractivity contribution in [3.05, 3.63) is 34.9 Å². The Morgan fingerprint density at radius 2 is 0.938 bits per heavy atom. The summed E-state index contributed by atoms with van der Waals surface area (Å²) in [6, 6.07) is -1.03. The molecule has 90 valence electrons. The van der Waals surface area contributed by atoms with Gasteiger partial charge in [0.05, 0.1) is 11.1 Å². The normalized spacial score (nSPS) is 13.0. The maximum atomic E-state index is 12.6. The molecule has 0 aliphatic carbocycles. The van der Waals surface area contributed by atoms with E-state index in [0.717, 1.165) is 0 Å². The van der Waals surface area contributed by atoms with Gasteiger partial charge in [0, 0.05) is 6.07 Å². The van der Waals surface area contributed by atoms with Gasteiger partial charge >= 0.3 is 12.4 Å². The second-order valence-electron chi connectivity index (χ2n) is 2.81. The monoisotopic (exact) mass is 250 g/mol. The molecule has 0 saturated heterocycles. The largest absolute Gasteiger partial charge is 0.419 e. The van der Waals surface area contributed by atoms with Crippen LogP contribution >= 0.6 is 0 Å². The standard InChI is InChI=1S/C8H2F8/c9-5-2-6(10)4(8(14,15)16)1-3(5)7(11,12)13/h1-2H. The number of hydrogen-bond acceptors (Lipinski definition) is 0. The van der Waals surface area contributed by atoms with Gasteiger partial charge in [0.2, 0.25) is 0 Å². The van der Waals surface area contributed by atoms with Gasteiger partial charge in [-0.2, -0.15) is 26.3 Å². The van der Waals surface area contributed by atoms with Crippen LogP contribution in [0, 0.1) is 11.6 Å². The molecule has 1 aromatic rings. The number of benzene rings is 1. The molecule has 0 nitrogen and oxygen atoms in total. The third-order valence-electron chi connectivity index (χ3n) is 1.67. The van der Waals surface area contributed by atoms with Gasteiger partial charge in [-0.15, -0.1) is 0 Å². The molecule has 0 N–H and O–H groups in total. The predicted octanol–water partition coefficient (Wildman–Crippen LogP) is 4.00. The molecular formula is C8H2F8. The van der Waals surface area contributed by atoms with Crippen LogP contribution in [0.25, 0.3) is 0 Å². The SMILES string of the molecule is Fc1cc(F)c(C(F)(F)F)cc1C(F)(F)F. The molecule has 0 aliphatic rings. The maximum Gasteiger partial charge on any atom is 0.419 e. The molecule has 16 heavy (non-hydrogen) atoms. The molecule has 8 heteroatoms. The van der Waals surface area contributed by atoms with Crippen LogP contribution in [0.5, 0.6) is 0 Å². The van der Waals surface area contributed by atoms with E-state index in [1.807, 2.05) is 0 Å². The molecule has 0 bridgehead atoms. The summed E-state index contributed by atoms with van der Waals surface area (Å²) in [5.74, 6) is -4.17. The van der Waals surface area contributed by atoms with Gasteiger partial charge in [-0.1, -0.05) is 0 Å². The number of rotatable bonds is 0. The first-order valence-corrected chi connectivity index (χ1v) is 3.67. The van der Waals surface area contributed by atoms with Crippen molar-refractivity contribution in [1.82, 2.24) is 0 Å². The van der Waals surface area contributed by atoms with E-state index >= 15 is 0 Å². The maximum absolute atomic E-state index is 12.6. The lowest BCUT2D eigenvalue weighted by Crippen LogP contribution is -2.14. The van der Waals surface area contributed by atoms with E-state index in [9.17, 15) is 35.1 Å². The van der Waals surface area contributed by atoms with Crippen LogP contribution in [0.3, 0.4) is 0 Å². The molecule has 0 fully saturated rings. The first-order valence-electron chi connectivity index (χ1n) is 3.67. The van der Waals surface area contributed by atoms with Crippen molar-refractivity contribution in [2.24, 2.45) is 0 Å². The summed E-state index contributed by atoms with van der Waals surface area (Å²) in [6.07, 6.45) is -10.6.